The second-order valence-corrected chi connectivity index (χ2v) is 9.19. The lowest BCUT2D eigenvalue weighted by Crippen LogP contribution is -2.18. The summed E-state index contributed by atoms with van der Waals surface area (Å²) in [6, 6.07) is 12.7. The number of hydrogen-bond donors (Lipinski definition) is 0. The van der Waals surface area contributed by atoms with Crippen molar-refractivity contribution in [2.45, 2.75) is 37.3 Å². The van der Waals surface area contributed by atoms with Crippen LogP contribution in [0.3, 0.4) is 0 Å². The number of aromatic nitrogens is 3. The number of halogens is 1. The van der Waals surface area contributed by atoms with Crippen molar-refractivity contribution in [1.29, 1.82) is 0 Å². The molecule has 8 heteroatoms. The zero-order chi connectivity index (χ0) is 21.3. The van der Waals surface area contributed by atoms with Gasteiger partial charge in [-0.15, -0.1) is 10.2 Å². The van der Waals surface area contributed by atoms with Gasteiger partial charge in [0.25, 0.3) is 0 Å². The number of ketones is 1. The third kappa shape index (κ3) is 4.30. The maximum Gasteiger partial charge on any atom is 0.308 e. The topological polar surface area (TPSA) is 74.1 Å². The Morgan fingerprint density at radius 3 is 2.63 bits per heavy atom. The van der Waals surface area contributed by atoms with Crippen LogP contribution in [0.25, 0.3) is 16.5 Å². The van der Waals surface area contributed by atoms with Gasteiger partial charge in [-0.05, 0) is 51.7 Å². The lowest BCUT2D eigenvalue weighted by Gasteiger charge is -2.14. The number of ether oxygens (including phenoxy) is 1. The molecule has 1 aliphatic carbocycles. The lowest BCUT2D eigenvalue weighted by molar-refractivity contribution is -0.146. The predicted octanol–water partition coefficient (Wildman–Crippen LogP) is 4.92. The van der Waals surface area contributed by atoms with Crippen molar-refractivity contribution in [3.8, 4) is 5.69 Å². The highest BCUT2D eigenvalue weighted by atomic mass is 79.9. The molecule has 1 atom stereocenters. The molecule has 0 aliphatic heterocycles. The number of hydrogen-bond acceptors (Lipinski definition) is 6. The Morgan fingerprint density at radius 1 is 1.20 bits per heavy atom. The average molecular weight is 488 g/mol. The van der Waals surface area contributed by atoms with E-state index in [1.807, 2.05) is 10.6 Å². The van der Waals surface area contributed by atoms with E-state index >= 15 is 0 Å². The number of nitrogens with zero attached hydrogens (tertiary/aromatic N) is 3. The van der Waals surface area contributed by atoms with E-state index in [9.17, 15) is 9.59 Å². The van der Waals surface area contributed by atoms with Gasteiger partial charge < -0.3 is 4.74 Å². The Balaban J connectivity index is 1.60. The summed E-state index contributed by atoms with van der Waals surface area (Å²) in [6.07, 6.45) is 2.63. The first-order valence-corrected chi connectivity index (χ1v) is 11.6. The average Bonchev–Trinajstić information content (AvgIpc) is 3.53. The molecule has 3 aromatic rings. The second kappa shape index (κ2) is 8.89. The second-order valence-electron chi connectivity index (χ2n) is 7.54. The number of benzene rings is 2. The first kappa shape index (κ1) is 21.1. The monoisotopic (exact) mass is 487 g/mol. The van der Waals surface area contributed by atoms with Gasteiger partial charge in [0.05, 0.1) is 24.5 Å². The number of rotatable bonds is 8. The molecule has 30 heavy (non-hydrogen) atoms. The molecule has 0 radical (unpaired) electrons. The van der Waals surface area contributed by atoms with Crippen LogP contribution in [0.15, 0.2) is 46.3 Å². The number of carbonyl (C=O) groups excluding carboxylic acids is 2. The Morgan fingerprint density at radius 2 is 1.93 bits per heavy atom. The highest BCUT2D eigenvalue weighted by Gasteiger charge is 2.26. The number of thioether (sulfide) groups is 1. The van der Waals surface area contributed by atoms with Crippen molar-refractivity contribution in [2.75, 3.05) is 12.9 Å². The Hall–Kier alpha value is -2.19. The summed E-state index contributed by atoms with van der Waals surface area (Å²) in [5, 5.41) is 11.4. The molecule has 4 rings (SSSR count). The van der Waals surface area contributed by atoms with Crippen molar-refractivity contribution in [3.63, 3.8) is 0 Å². The minimum atomic E-state index is -0.452. The Kier molecular flexibility index (Phi) is 6.24. The highest BCUT2D eigenvalue weighted by molar-refractivity contribution is 9.10. The molecule has 156 valence electrons. The largest absolute Gasteiger partial charge is 0.469 e. The van der Waals surface area contributed by atoms with Gasteiger partial charge in [-0.1, -0.05) is 49.0 Å². The number of fused-ring (bicyclic) bond motifs is 1. The first-order chi connectivity index (χ1) is 14.5. The molecule has 1 aliphatic rings. The van der Waals surface area contributed by atoms with Crippen LogP contribution in [-0.2, 0) is 14.3 Å². The van der Waals surface area contributed by atoms with Crippen LogP contribution in [0, 0.1) is 5.92 Å². The lowest BCUT2D eigenvalue weighted by atomic mass is 9.99. The SMILES string of the molecule is COC(=O)C(C)CC(=O)CSc1nnc(Br)n1-c1ccc(C2CC2)c2ccccc12. The van der Waals surface area contributed by atoms with E-state index in [1.165, 1.54) is 42.7 Å². The molecule has 0 bridgehead atoms. The van der Waals surface area contributed by atoms with E-state index in [4.69, 9.17) is 4.74 Å². The molecule has 1 saturated carbocycles. The molecular formula is C22H22BrN3O3S. The Labute approximate surface area is 187 Å². The molecule has 0 amide bonds. The van der Waals surface area contributed by atoms with E-state index in [2.05, 4.69) is 56.5 Å². The van der Waals surface area contributed by atoms with Crippen molar-refractivity contribution >= 4 is 50.2 Å². The number of carbonyl (C=O) groups is 2. The van der Waals surface area contributed by atoms with E-state index in [-0.39, 0.29) is 23.9 Å². The zero-order valence-electron chi connectivity index (χ0n) is 16.8. The molecule has 1 fully saturated rings. The van der Waals surface area contributed by atoms with Gasteiger partial charge in [0.2, 0.25) is 4.73 Å². The summed E-state index contributed by atoms with van der Waals surface area (Å²) in [7, 11) is 1.33. The van der Waals surface area contributed by atoms with Gasteiger partial charge in [0.15, 0.2) is 5.16 Å². The number of Topliss-reactive ketones (excluding diaryl/α,β-unsaturated/α-hetero) is 1. The van der Waals surface area contributed by atoms with Gasteiger partial charge >= 0.3 is 5.97 Å². The summed E-state index contributed by atoms with van der Waals surface area (Å²) in [5.74, 6) is 0.00654. The van der Waals surface area contributed by atoms with Crippen LogP contribution in [-0.4, -0.2) is 39.4 Å². The van der Waals surface area contributed by atoms with Crippen molar-refractivity contribution in [1.82, 2.24) is 14.8 Å². The minimum absolute atomic E-state index is 0.0301. The van der Waals surface area contributed by atoms with Gasteiger partial charge in [-0.2, -0.15) is 0 Å². The number of esters is 1. The predicted molar refractivity (Wildman–Crippen MR) is 120 cm³/mol. The van der Waals surface area contributed by atoms with E-state index < -0.39 is 5.92 Å². The van der Waals surface area contributed by atoms with Crippen molar-refractivity contribution < 1.29 is 14.3 Å². The van der Waals surface area contributed by atoms with E-state index in [0.29, 0.717) is 15.8 Å². The first-order valence-electron chi connectivity index (χ1n) is 9.85. The molecule has 1 unspecified atom stereocenters. The summed E-state index contributed by atoms with van der Waals surface area (Å²) < 4.78 is 7.22. The Bertz CT molecular complexity index is 1110. The zero-order valence-corrected chi connectivity index (χ0v) is 19.2. The number of methoxy groups -OCH3 is 1. The van der Waals surface area contributed by atoms with Crippen molar-refractivity contribution in [2.24, 2.45) is 5.92 Å². The normalized spacial score (nSPS) is 14.6. The van der Waals surface area contributed by atoms with Gasteiger partial charge in [-0.25, -0.2) is 0 Å². The summed E-state index contributed by atoms with van der Waals surface area (Å²) in [5.41, 5.74) is 2.37. The summed E-state index contributed by atoms with van der Waals surface area (Å²) in [4.78, 5) is 23.9. The van der Waals surface area contributed by atoms with Gasteiger partial charge in [0, 0.05) is 11.8 Å². The van der Waals surface area contributed by atoms with Crippen LogP contribution in [0.2, 0.25) is 0 Å². The quantitative estimate of drug-likeness (QED) is 0.331. The molecular weight excluding hydrogens is 466 g/mol. The molecule has 0 spiro atoms. The maximum absolute atomic E-state index is 12.3. The minimum Gasteiger partial charge on any atom is -0.469 e. The fourth-order valence-electron chi connectivity index (χ4n) is 3.63. The van der Waals surface area contributed by atoms with Crippen LogP contribution in [0.4, 0.5) is 0 Å². The van der Waals surface area contributed by atoms with Crippen LogP contribution in [0.5, 0.6) is 0 Å². The maximum atomic E-state index is 12.3. The molecule has 1 aromatic heterocycles. The van der Waals surface area contributed by atoms with Crippen LogP contribution in [0.1, 0.15) is 37.7 Å². The van der Waals surface area contributed by atoms with Crippen LogP contribution < -0.4 is 0 Å². The molecule has 6 nitrogen and oxygen atoms in total. The molecule has 0 N–H and O–H groups in total. The smallest absolute Gasteiger partial charge is 0.308 e. The van der Waals surface area contributed by atoms with Crippen molar-refractivity contribution in [3.05, 3.63) is 46.7 Å². The van der Waals surface area contributed by atoms with Gasteiger partial charge in [0.1, 0.15) is 5.78 Å². The molecule has 1 heterocycles. The fraction of sp³-hybridized carbons (Fsp3) is 0.364. The molecule has 0 saturated heterocycles. The highest BCUT2D eigenvalue weighted by Crippen LogP contribution is 2.44. The van der Waals surface area contributed by atoms with Gasteiger partial charge in [-0.3, -0.25) is 14.2 Å². The summed E-state index contributed by atoms with van der Waals surface area (Å²) >= 11 is 4.83. The van der Waals surface area contributed by atoms with Crippen LogP contribution >= 0.6 is 27.7 Å². The fourth-order valence-corrected chi connectivity index (χ4v) is 5.01. The molecule has 2 aromatic carbocycles. The van der Waals surface area contributed by atoms with E-state index in [1.54, 1.807) is 6.92 Å². The summed E-state index contributed by atoms with van der Waals surface area (Å²) in [6.45, 7) is 1.70. The van der Waals surface area contributed by atoms with E-state index in [0.717, 1.165) is 11.1 Å². The third-order valence-electron chi connectivity index (χ3n) is 5.29. The standard InChI is InChI=1S/C22H22BrN3O3S/c1-13(20(28)29-2)11-15(27)12-30-22-25-24-21(23)26(22)19-10-9-16(14-7-8-14)17-5-3-4-6-18(17)19/h3-6,9-10,13-14H,7-8,11-12H2,1-2H3. The third-order valence-corrected chi connectivity index (χ3v) is 6.79.